The van der Waals surface area contributed by atoms with Gasteiger partial charge in [-0.2, -0.15) is 6.42 Å². The third kappa shape index (κ3) is 11.8. The molecule has 0 N–H and O–H groups in total. The van der Waals surface area contributed by atoms with Crippen LogP contribution in [0.25, 0.3) is 0 Å². The molecule has 0 heterocycles. The summed E-state index contributed by atoms with van der Waals surface area (Å²) in [4.78, 5) is 0. The minimum Gasteiger partial charge on any atom is -0.343 e. The van der Waals surface area contributed by atoms with Crippen molar-refractivity contribution in [3.63, 3.8) is 0 Å². The molecular formula is C4H9Ag. The molecule has 0 unspecified atom stereocenters. The van der Waals surface area contributed by atoms with Gasteiger partial charge in [0, 0.05) is 0 Å². The molecule has 0 aliphatic carbocycles. The molecule has 0 saturated heterocycles. The largest absolute Gasteiger partial charge is 1.00 e. The Bertz CT molecular complexity index is 5.61. The van der Waals surface area contributed by atoms with Gasteiger partial charge >= 0.3 is 22.4 Å². The second-order valence-electron chi connectivity index (χ2n) is 0.854. The fraction of sp³-hybridized carbons (Fsp3) is 0.750. The van der Waals surface area contributed by atoms with Crippen molar-refractivity contribution in [2.75, 3.05) is 0 Å². The molecule has 0 aromatic carbocycles. The van der Waals surface area contributed by atoms with Crippen molar-refractivity contribution in [3.05, 3.63) is 6.92 Å². The molecule has 0 aliphatic heterocycles. The molecule has 0 rings (SSSR count). The second-order valence-corrected chi connectivity index (χ2v) is 0.854. The van der Waals surface area contributed by atoms with E-state index in [-0.39, 0.29) is 22.4 Å². The van der Waals surface area contributed by atoms with Gasteiger partial charge in [0.1, 0.15) is 0 Å². The van der Waals surface area contributed by atoms with Gasteiger partial charge in [-0.15, -0.1) is 0 Å². The molecule has 0 saturated carbocycles. The summed E-state index contributed by atoms with van der Waals surface area (Å²) in [6.07, 6.45) is 2.28. The van der Waals surface area contributed by atoms with E-state index in [0.717, 1.165) is 6.42 Å². The Hall–Kier alpha value is 0.740. The van der Waals surface area contributed by atoms with Crippen molar-refractivity contribution in [2.24, 2.45) is 0 Å². The van der Waals surface area contributed by atoms with Gasteiger partial charge in [0.25, 0.3) is 0 Å². The van der Waals surface area contributed by atoms with E-state index in [9.17, 15) is 0 Å². The zero-order valence-corrected chi connectivity index (χ0v) is 4.91. The Kier molecular flexibility index (Phi) is 16.3. The number of hydrogen-bond donors (Lipinski definition) is 0. The van der Waals surface area contributed by atoms with E-state index in [1.165, 1.54) is 6.42 Å². The molecule has 0 amide bonds. The molecular weight excluding hydrogens is 156 g/mol. The summed E-state index contributed by atoms with van der Waals surface area (Å²) in [7, 11) is 0. The van der Waals surface area contributed by atoms with Crippen molar-refractivity contribution >= 4 is 0 Å². The van der Waals surface area contributed by atoms with Crippen LogP contribution >= 0.6 is 0 Å². The monoisotopic (exact) mass is 164 g/mol. The molecule has 0 radical (unpaired) electrons. The van der Waals surface area contributed by atoms with Crippen LogP contribution in [0, 0.1) is 6.92 Å². The van der Waals surface area contributed by atoms with Crippen molar-refractivity contribution < 1.29 is 22.4 Å². The number of unbranched alkanes of at least 4 members (excludes halogenated alkanes) is 1. The van der Waals surface area contributed by atoms with Gasteiger partial charge in [-0.05, 0) is 0 Å². The molecule has 0 aromatic rings. The first-order valence-corrected chi connectivity index (χ1v) is 1.71. The van der Waals surface area contributed by atoms with Crippen LogP contribution in [-0.4, -0.2) is 0 Å². The van der Waals surface area contributed by atoms with Crippen LogP contribution in [0.1, 0.15) is 19.8 Å². The first kappa shape index (κ1) is 9.22. The minimum atomic E-state index is 0. The van der Waals surface area contributed by atoms with E-state index in [0.29, 0.717) is 0 Å². The average Bonchev–Trinajstić information content (AvgIpc) is 1.37. The molecule has 0 aromatic heterocycles. The Morgan fingerprint density at radius 3 is 1.80 bits per heavy atom. The molecule has 36 valence electrons. The van der Waals surface area contributed by atoms with E-state index in [1.807, 2.05) is 0 Å². The van der Waals surface area contributed by atoms with Gasteiger partial charge in [-0.1, -0.05) is 13.3 Å². The van der Waals surface area contributed by atoms with Crippen LogP contribution < -0.4 is 0 Å². The van der Waals surface area contributed by atoms with Gasteiger partial charge in [0.15, 0.2) is 0 Å². The van der Waals surface area contributed by atoms with Gasteiger partial charge in [0.05, 0.1) is 0 Å². The zero-order valence-electron chi connectivity index (χ0n) is 3.42. The number of hydrogen-bond acceptors (Lipinski definition) is 0. The van der Waals surface area contributed by atoms with E-state index in [2.05, 4.69) is 13.8 Å². The fourth-order valence-corrected chi connectivity index (χ4v) is 0. The number of rotatable bonds is 1. The Morgan fingerprint density at radius 2 is 1.80 bits per heavy atom. The predicted octanol–water partition coefficient (Wildman–Crippen LogP) is 1.62. The van der Waals surface area contributed by atoms with Crippen molar-refractivity contribution in [1.29, 1.82) is 0 Å². The molecule has 5 heavy (non-hydrogen) atoms. The van der Waals surface area contributed by atoms with Crippen LogP contribution in [0.2, 0.25) is 0 Å². The first-order chi connectivity index (χ1) is 1.91. The van der Waals surface area contributed by atoms with Crippen molar-refractivity contribution in [2.45, 2.75) is 19.8 Å². The van der Waals surface area contributed by atoms with Crippen LogP contribution in [0.15, 0.2) is 0 Å². The standard InChI is InChI=1S/C4H9.Ag/c1-3-4-2;/h1,3-4H2,2H3;/q-1;+1. The third-order valence-corrected chi connectivity index (χ3v) is 0.354. The van der Waals surface area contributed by atoms with Gasteiger partial charge in [-0.3, -0.25) is 0 Å². The first-order valence-electron chi connectivity index (χ1n) is 1.71. The van der Waals surface area contributed by atoms with Crippen molar-refractivity contribution in [3.8, 4) is 0 Å². The maximum atomic E-state index is 3.60. The van der Waals surface area contributed by atoms with Crippen LogP contribution in [0.5, 0.6) is 0 Å². The summed E-state index contributed by atoms with van der Waals surface area (Å²) >= 11 is 0. The summed E-state index contributed by atoms with van der Waals surface area (Å²) < 4.78 is 0. The Morgan fingerprint density at radius 1 is 1.60 bits per heavy atom. The van der Waals surface area contributed by atoms with E-state index >= 15 is 0 Å². The molecule has 1 heteroatoms. The second kappa shape index (κ2) is 8.83. The summed E-state index contributed by atoms with van der Waals surface area (Å²) in [6.45, 7) is 5.72. The maximum Gasteiger partial charge on any atom is 1.00 e. The molecule has 0 nitrogen and oxygen atoms in total. The Balaban J connectivity index is 0. The Labute approximate surface area is 49.5 Å². The normalized spacial score (nSPS) is 6.00. The van der Waals surface area contributed by atoms with Crippen LogP contribution in [-0.2, 0) is 22.4 Å². The predicted molar refractivity (Wildman–Crippen MR) is 20.3 cm³/mol. The third-order valence-electron chi connectivity index (χ3n) is 0.354. The fourth-order valence-electron chi connectivity index (χ4n) is 0. The molecule has 0 aliphatic rings. The summed E-state index contributed by atoms with van der Waals surface area (Å²) in [5.41, 5.74) is 0. The van der Waals surface area contributed by atoms with E-state index in [1.54, 1.807) is 0 Å². The van der Waals surface area contributed by atoms with Crippen LogP contribution in [0.3, 0.4) is 0 Å². The summed E-state index contributed by atoms with van der Waals surface area (Å²) in [5.74, 6) is 0. The average molecular weight is 165 g/mol. The van der Waals surface area contributed by atoms with Gasteiger partial charge in [0.2, 0.25) is 0 Å². The minimum absolute atomic E-state index is 0. The molecule has 0 atom stereocenters. The topological polar surface area (TPSA) is 0 Å². The maximum absolute atomic E-state index is 3.60. The molecule has 0 fully saturated rings. The zero-order chi connectivity index (χ0) is 3.41. The van der Waals surface area contributed by atoms with Gasteiger partial charge < -0.3 is 6.92 Å². The summed E-state index contributed by atoms with van der Waals surface area (Å²) in [6, 6.07) is 0. The van der Waals surface area contributed by atoms with E-state index < -0.39 is 0 Å². The smallest absolute Gasteiger partial charge is 0.343 e. The summed E-state index contributed by atoms with van der Waals surface area (Å²) in [5, 5.41) is 0. The quantitative estimate of drug-likeness (QED) is 0.409. The molecule has 0 bridgehead atoms. The van der Waals surface area contributed by atoms with E-state index in [4.69, 9.17) is 0 Å². The SMILES string of the molecule is [Ag+].[CH2-]CCC. The molecule has 0 spiro atoms. The van der Waals surface area contributed by atoms with Gasteiger partial charge in [-0.25, -0.2) is 0 Å². The van der Waals surface area contributed by atoms with Crippen LogP contribution in [0.4, 0.5) is 0 Å². The van der Waals surface area contributed by atoms with Crippen molar-refractivity contribution in [1.82, 2.24) is 0 Å².